The Labute approximate surface area is 132 Å². The highest BCUT2D eigenvalue weighted by Crippen LogP contribution is 2.37. The van der Waals surface area contributed by atoms with Crippen molar-refractivity contribution in [2.24, 2.45) is 0 Å². The zero-order chi connectivity index (χ0) is 16.4. The smallest absolute Gasteiger partial charge is 0.337 e. The molecule has 1 heterocycles. The third-order valence-corrected chi connectivity index (χ3v) is 3.74. The van der Waals surface area contributed by atoms with Crippen molar-refractivity contribution >= 4 is 29.5 Å². The van der Waals surface area contributed by atoms with E-state index in [1.807, 2.05) is 0 Å². The summed E-state index contributed by atoms with van der Waals surface area (Å²) in [4.78, 5) is 37.2. The Morgan fingerprint density at radius 3 is 2.50 bits per heavy atom. The van der Waals surface area contributed by atoms with Gasteiger partial charge < -0.3 is 10.1 Å². The van der Waals surface area contributed by atoms with Crippen LogP contribution in [0.15, 0.2) is 35.5 Å². The Kier molecular flexibility index (Phi) is 4.51. The van der Waals surface area contributed by atoms with Crippen molar-refractivity contribution in [3.63, 3.8) is 0 Å². The minimum absolute atomic E-state index is 0.172. The molecule has 1 aromatic rings. The number of esters is 1. The van der Waals surface area contributed by atoms with Gasteiger partial charge >= 0.3 is 12.0 Å². The predicted octanol–water partition coefficient (Wildman–Crippen LogP) is 2.40. The molecule has 0 aliphatic carbocycles. The predicted molar refractivity (Wildman–Crippen MR) is 80.0 cm³/mol. The first-order chi connectivity index (χ1) is 10.4. The first-order valence-electron chi connectivity index (χ1n) is 6.52. The molecule has 1 atom stereocenters. The van der Waals surface area contributed by atoms with Gasteiger partial charge in [-0.1, -0.05) is 29.8 Å². The molecule has 1 N–H and O–H groups in total. The number of allylic oxidation sites excluding steroid dienone is 1. The second-order valence-corrected chi connectivity index (χ2v) is 5.18. The Hall–Kier alpha value is -2.34. The van der Waals surface area contributed by atoms with Gasteiger partial charge in [-0.3, -0.25) is 9.69 Å². The maximum absolute atomic E-state index is 12.2. The molecule has 3 amide bonds. The van der Waals surface area contributed by atoms with E-state index in [0.29, 0.717) is 16.3 Å². The van der Waals surface area contributed by atoms with Crippen molar-refractivity contribution in [1.29, 1.82) is 0 Å². The van der Waals surface area contributed by atoms with Gasteiger partial charge in [0.1, 0.15) is 6.04 Å². The van der Waals surface area contributed by atoms with Gasteiger partial charge in [0, 0.05) is 17.6 Å². The average molecular weight is 323 g/mol. The molecule has 0 saturated heterocycles. The fourth-order valence-electron chi connectivity index (χ4n) is 2.43. The van der Waals surface area contributed by atoms with Crippen molar-refractivity contribution in [1.82, 2.24) is 10.2 Å². The molecule has 0 radical (unpaired) electrons. The molecule has 0 unspecified atom stereocenters. The summed E-state index contributed by atoms with van der Waals surface area (Å²) in [5, 5.41) is 2.85. The molecule has 0 bridgehead atoms. The van der Waals surface area contributed by atoms with Crippen molar-refractivity contribution in [2.75, 3.05) is 7.11 Å². The van der Waals surface area contributed by atoms with Crippen molar-refractivity contribution in [3.8, 4) is 0 Å². The number of halogens is 1. The number of benzene rings is 1. The van der Waals surface area contributed by atoms with E-state index in [2.05, 4.69) is 5.32 Å². The summed E-state index contributed by atoms with van der Waals surface area (Å²) in [6, 6.07) is 5.20. The summed E-state index contributed by atoms with van der Waals surface area (Å²) in [5.41, 5.74) is 0.985. The maximum Gasteiger partial charge on any atom is 0.337 e. The van der Waals surface area contributed by atoms with Gasteiger partial charge in [-0.15, -0.1) is 0 Å². The summed E-state index contributed by atoms with van der Waals surface area (Å²) in [6.07, 6.45) is 0. The number of nitrogens with zero attached hydrogens (tertiary/aromatic N) is 1. The van der Waals surface area contributed by atoms with Gasteiger partial charge in [-0.05, 0) is 18.6 Å². The summed E-state index contributed by atoms with van der Waals surface area (Å²) in [5.74, 6) is -1.13. The molecule has 7 heteroatoms. The largest absolute Gasteiger partial charge is 0.466 e. The van der Waals surface area contributed by atoms with E-state index < -0.39 is 23.9 Å². The van der Waals surface area contributed by atoms with Crippen LogP contribution in [0.1, 0.15) is 25.5 Å². The lowest BCUT2D eigenvalue weighted by Gasteiger charge is -2.35. The van der Waals surface area contributed by atoms with E-state index in [-0.39, 0.29) is 5.57 Å². The van der Waals surface area contributed by atoms with Crippen LogP contribution in [0.2, 0.25) is 5.02 Å². The minimum Gasteiger partial charge on any atom is -0.466 e. The molecular weight excluding hydrogens is 308 g/mol. The molecule has 1 aliphatic heterocycles. The lowest BCUT2D eigenvalue weighted by Crippen LogP contribution is -2.50. The van der Waals surface area contributed by atoms with Gasteiger partial charge in [-0.25, -0.2) is 9.59 Å². The van der Waals surface area contributed by atoms with Crippen LogP contribution in [0.4, 0.5) is 4.79 Å². The summed E-state index contributed by atoms with van der Waals surface area (Å²) < 4.78 is 4.79. The number of urea groups is 1. The average Bonchev–Trinajstić information content (AvgIpc) is 2.45. The molecule has 0 aromatic heterocycles. The number of carbonyl (C=O) groups excluding carboxylic acids is 3. The Bertz CT molecular complexity index is 684. The van der Waals surface area contributed by atoms with E-state index in [9.17, 15) is 14.4 Å². The zero-order valence-electron chi connectivity index (χ0n) is 12.3. The van der Waals surface area contributed by atoms with E-state index in [0.717, 1.165) is 4.90 Å². The highest BCUT2D eigenvalue weighted by Gasteiger charge is 2.41. The van der Waals surface area contributed by atoms with Crippen LogP contribution in [-0.2, 0) is 14.3 Å². The van der Waals surface area contributed by atoms with Crippen LogP contribution >= 0.6 is 11.6 Å². The van der Waals surface area contributed by atoms with E-state index >= 15 is 0 Å². The van der Waals surface area contributed by atoms with Crippen LogP contribution < -0.4 is 5.32 Å². The van der Waals surface area contributed by atoms with Gasteiger partial charge in [0.05, 0.1) is 12.7 Å². The lowest BCUT2D eigenvalue weighted by molar-refractivity contribution is -0.137. The molecule has 0 fully saturated rings. The van der Waals surface area contributed by atoms with Crippen molar-refractivity contribution < 1.29 is 19.1 Å². The summed E-state index contributed by atoms with van der Waals surface area (Å²) in [6.45, 7) is 2.82. The van der Waals surface area contributed by atoms with Gasteiger partial charge in [-0.2, -0.15) is 0 Å². The molecule has 1 aliphatic rings. The standard InChI is InChI=1S/C15H15ClN2O4/c1-8-12(14(20)22-3)13(10-6-4-5-7-11(10)16)18(9(2)19)15(21)17-8/h4-7,13H,1-3H3,(H,17,21)/t13-/m0/s1. The highest BCUT2D eigenvalue weighted by molar-refractivity contribution is 6.31. The van der Waals surface area contributed by atoms with Crippen LogP contribution in [-0.4, -0.2) is 29.9 Å². The highest BCUT2D eigenvalue weighted by atomic mass is 35.5. The molecular formula is C15H15ClN2O4. The number of hydrogen-bond acceptors (Lipinski definition) is 4. The van der Waals surface area contributed by atoms with Crippen LogP contribution in [0, 0.1) is 0 Å². The molecule has 1 aromatic carbocycles. The van der Waals surface area contributed by atoms with Gasteiger partial charge in [0.25, 0.3) is 0 Å². The third-order valence-electron chi connectivity index (χ3n) is 3.39. The van der Waals surface area contributed by atoms with Crippen LogP contribution in [0.5, 0.6) is 0 Å². The second kappa shape index (κ2) is 6.19. The van der Waals surface area contributed by atoms with E-state index in [4.69, 9.17) is 16.3 Å². The first-order valence-corrected chi connectivity index (χ1v) is 6.90. The molecule has 0 saturated carbocycles. The fourth-order valence-corrected chi connectivity index (χ4v) is 2.67. The molecule has 116 valence electrons. The number of hydrogen-bond donors (Lipinski definition) is 1. The van der Waals surface area contributed by atoms with Crippen molar-refractivity contribution in [3.05, 3.63) is 46.1 Å². The van der Waals surface area contributed by atoms with E-state index in [1.54, 1.807) is 31.2 Å². The number of amides is 3. The van der Waals surface area contributed by atoms with Gasteiger partial charge in [0.2, 0.25) is 5.91 Å². The third kappa shape index (κ3) is 2.69. The fraction of sp³-hybridized carbons (Fsp3) is 0.267. The maximum atomic E-state index is 12.2. The Balaban J connectivity index is 2.71. The first kappa shape index (κ1) is 16.0. The topological polar surface area (TPSA) is 75.7 Å². The number of nitrogens with one attached hydrogen (secondary N) is 1. The van der Waals surface area contributed by atoms with Crippen LogP contribution in [0.3, 0.4) is 0 Å². The van der Waals surface area contributed by atoms with E-state index in [1.165, 1.54) is 14.0 Å². The Morgan fingerprint density at radius 1 is 1.32 bits per heavy atom. The van der Waals surface area contributed by atoms with Crippen LogP contribution in [0.25, 0.3) is 0 Å². The molecule has 6 nitrogen and oxygen atoms in total. The number of ether oxygens (including phenoxy) is 1. The lowest BCUT2D eigenvalue weighted by atomic mass is 9.93. The summed E-state index contributed by atoms with van der Waals surface area (Å²) >= 11 is 6.19. The SMILES string of the molecule is COC(=O)C1=C(C)NC(=O)N(C(C)=O)[C@H]1c1ccccc1Cl. The number of rotatable bonds is 2. The Morgan fingerprint density at radius 2 is 1.95 bits per heavy atom. The normalized spacial score (nSPS) is 18.1. The summed E-state index contributed by atoms with van der Waals surface area (Å²) in [7, 11) is 1.24. The molecule has 22 heavy (non-hydrogen) atoms. The minimum atomic E-state index is -0.924. The molecule has 2 rings (SSSR count). The number of imide groups is 1. The quantitative estimate of drug-likeness (QED) is 0.848. The number of carbonyl (C=O) groups is 3. The second-order valence-electron chi connectivity index (χ2n) is 4.77. The zero-order valence-corrected chi connectivity index (χ0v) is 13.1. The van der Waals surface area contributed by atoms with Crippen molar-refractivity contribution in [2.45, 2.75) is 19.9 Å². The monoisotopic (exact) mass is 322 g/mol. The number of methoxy groups -OCH3 is 1. The van der Waals surface area contributed by atoms with Gasteiger partial charge in [0.15, 0.2) is 0 Å². The molecule has 0 spiro atoms.